The molecule has 1 aromatic heterocycles. The third-order valence-electron chi connectivity index (χ3n) is 5.59. The standard InChI is InChI=1S/C19H34N4O4S/c1-7-14(3)23(15(4)8-2)18(24)13-22-17(6)19(16(5)20-22)28(25,26)21-9-11-27-12-10-21/h14-15H,7-13H2,1-6H3/t14-,15-/m1/s1. The van der Waals surface area contributed by atoms with Gasteiger partial charge in [-0.3, -0.25) is 9.48 Å². The van der Waals surface area contributed by atoms with Crippen LogP contribution >= 0.6 is 0 Å². The van der Waals surface area contributed by atoms with Crippen LogP contribution in [0.15, 0.2) is 4.90 Å². The van der Waals surface area contributed by atoms with E-state index in [0.717, 1.165) is 12.8 Å². The van der Waals surface area contributed by atoms with E-state index in [9.17, 15) is 13.2 Å². The number of nitrogens with zero attached hydrogens (tertiary/aromatic N) is 4. The Balaban J connectivity index is 2.31. The number of morpholine rings is 1. The predicted octanol–water partition coefficient (Wildman–Crippen LogP) is 1.95. The molecule has 28 heavy (non-hydrogen) atoms. The second kappa shape index (κ2) is 9.37. The SMILES string of the molecule is CC[C@@H](C)N(C(=O)Cn1nc(C)c(S(=O)(=O)N2CCOCC2)c1C)[C@H](C)CC. The van der Waals surface area contributed by atoms with Gasteiger partial charge >= 0.3 is 0 Å². The second-order valence-corrected chi connectivity index (χ2v) is 9.36. The van der Waals surface area contributed by atoms with Gasteiger partial charge in [-0.25, -0.2) is 8.42 Å². The Hall–Kier alpha value is -1.45. The number of sulfonamides is 1. The number of rotatable bonds is 8. The number of ether oxygens (including phenoxy) is 1. The first-order valence-corrected chi connectivity index (χ1v) is 11.5. The molecule has 1 aromatic rings. The average Bonchev–Trinajstić information content (AvgIpc) is 2.95. The van der Waals surface area contributed by atoms with Gasteiger partial charge in [-0.05, 0) is 40.5 Å². The fraction of sp³-hybridized carbons (Fsp3) is 0.789. The zero-order valence-electron chi connectivity index (χ0n) is 17.9. The first kappa shape index (κ1) is 22.8. The first-order chi connectivity index (χ1) is 13.1. The van der Waals surface area contributed by atoms with Gasteiger partial charge in [-0.1, -0.05) is 13.8 Å². The largest absolute Gasteiger partial charge is 0.379 e. The van der Waals surface area contributed by atoms with Crippen LogP contribution in [0.2, 0.25) is 0 Å². The molecule has 0 unspecified atom stereocenters. The molecular weight excluding hydrogens is 380 g/mol. The average molecular weight is 415 g/mol. The molecule has 2 atom stereocenters. The van der Waals surface area contributed by atoms with Crippen molar-refractivity contribution in [2.24, 2.45) is 0 Å². The van der Waals surface area contributed by atoms with Gasteiger partial charge in [0.2, 0.25) is 15.9 Å². The molecule has 160 valence electrons. The monoisotopic (exact) mass is 414 g/mol. The Bertz CT molecular complexity index is 774. The molecule has 1 amide bonds. The number of carbonyl (C=O) groups is 1. The molecule has 0 saturated carbocycles. The van der Waals surface area contributed by atoms with Crippen LogP contribution in [0.5, 0.6) is 0 Å². The number of hydrogen-bond donors (Lipinski definition) is 0. The van der Waals surface area contributed by atoms with Crippen molar-refractivity contribution >= 4 is 15.9 Å². The molecular formula is C19H34N4O4S. The lowest BCUT2D eigenvalue weighted by Crippen LogP contribution is -2.46. The lowest BCUT2D eigenvalue weighted by atomic mass is 10.1. The van der Waals surface area contributed by atoms with E-state index in [1.807, 2.05) is 18.7 Å². The van der Waals surface area contributed by atoms with Gasteiger partial charge in [0, 0.05) is 25.2 Å². The van der Waals surface area contributed by atoms with Gasteiger partial charge in [-0.2, -0.15) is 9.40 Å². The third kappa shape index (κ3) is 4.58. The van der Waals surface area contributed by atoms with Crippen molar-refractivity contribution in [2.45, 2.75) is 77.9 Å². The van der Waals surface area contributed by atoms with Crippen LogP contribution in [0, 0.1) is 13.8 Å². The second-order valence-electron chi connectivity index (χ2n) is 7.49. The highest BCUT2D eigenvalue weighted by Crippen LogP contribution is 2.24. The van der Waals surface area contributed by atoms with Crippen LogP contribution in [-0.4, -0.2) is 71.7 Å². The summed E-state index contributed by atoms with van der Waals surface area (Å²) < 4.78 is 34.4. The molecule has 1 saturated heterocycles. The molecule has 1 fully saturated rings. The number of amides is 1. The molecule has 2 heterocycles. The number of hydrogen-bond acceptors (Lipinski definition) is 5. The normalized spacial score (nSPS) is 18.1. The summed E-state index contributed by atoms with van der Waals surface area (Å²) in [6, 6.07) is 0.243. The highest BCUT2D eigenvalue weighted by atomic mass is 32.2. The number of carbonyl (C=O) groups excluding carboxylic acids is 1. The summed E-state index contributed by atoms with van der Waals surface area (Å²) in [6.07, 6.45) is 1.73. The van der Waals surface area contributed by atoms with E-state index < -0.39 is 10.0 Å². The van der Waals surface area contributed by atoms with Crippen LogP contribution in [0.3, 0.4) is 0 Å². The van der Waals surface area contributed by atoms with Crippen molar-refractivity contribution in [3.05, 3.63) is 11.4 Å². The van der Waals surface area contributed by atoms with Crippen molar-refractivity contribution < 1.29 is 17.9 Å². The highest BCUT2D eigenvalue weighted by Gasteiger charge is 2.33. The lowest BCUT2D eigenvalue weighted by molar-refractivity contribution is -0.136. The Morgan fingerprint density at radius 2 is 1.68 bits per heavy atom. The maximum atomic E-state index is 13.1. The molecule has 0 spiro atoms. The molecule has 0 aliphatic carbocycles. The summed E-state index contributed by atoms with van der Waals surface area (Å²) >= 11 is 0. The van der Waals surface area contributed by atoms with E-state index in [1.165, 1.54) is 8.99 Å². The maximum absolute atomic E-state index is 13.1. The Morgan fingerprint density at radius 3 is 2.18 bits per heavy atom. The van der Waals surface area contributed by atoms with Gasteiger partial charge in [0.05, 0.1) is 24.6 Å². The Labute approximate surface area is 168 Å². The van der Waals surface area contributed by atoms with Crippen molar-refractivity contribution in [2.75, 3.05) is 26.3 Å². The van der Waals surface area contributed by atoms with Crippen molar-refractivity contribution in [1.82, 2.24) is 19.0 Å². The third-order valence-corrected chi connectivity index (χ3v) is 7.74. The minimum Gasteiger partial charge on any atom is -0.379 e. The molecule has 0 aromatic carbocycles. The molecule has 2 rings (SSSR count). The molecule has 1 aliphatic heterocycles. The topological polar surface area (TPSA) is 84.7 Å². The highest BCUT2D eigenvalue weighted by molar-refractivity contribution is 7.89. The zero-order chi connectivity index (χ0) is 21.1. The number of aryl methyl sites for hydroxylation is 1. The molecule has 1 aliphatic rings. The zero-order valence-corrected chi connectivity index (χ0v) is 18.8. The molecule has 0 bridgehead atoms. The summed E-state index contributed by atoms with van der Waals surface area (Å²) in [6.45, 7) is 13.1. The smallest absolute Gasteiger partial charge is 0.246 e. The van der Waals surface area contributed by atoms with E-state index in [0.29, 0.717) is 37.7 Å². The van der Waals surface area contributed by atoms with E-state index in [1.54, 1.807) is 13.8 Å². The fourth-order valence-electron chi connectivity index (χ4n) is 3.65. The van der Waals surface area contributed by atoms with Crippen LogP contribution in [-0.2, 0) is 26.1 Å². The first-order valence-electron chi connectivity index (χ1n) is 10.1. The van der Waals surface area contributed by atoms with Crippen LogP contribution < -0.4 is 0 Å². The molecule has 0 radical (unpaired) electrons. The van der Waals surface area contributed by atoms with Crippen molar-refractivity contribution in [3.63, 3.8) is 0 Å². The van der Waals surface area contributed by atoms with E-state index in [2.05, 4.69) is 18.9 Å². The van der Waals surface area contributed by atoms with E-state index in [4.69, 9.17) is 4.74 Å². The van der Waals surface area contributed by atoms with Crippen LogP contribution in [0.25, 0.3) is 0 Å². The summed E-state index contributed by atoms with van der Waals surface area (Å²) in [5.74, 6) is -0.0374. The van der Waals surface area contributed by atoms with E-state index >= 15 is 0 Å². The quantitative estimate of drug-likeness (QED) is 0.649. The fourth-order valence-corrected chi connectivity index (χ4v) is 5.43. The Morgan fingerprint density at radius 1 is 1.14 bits per heavy atom. The Kier molecular flexibility index (Phi) is 7.64. The van der Waals surface area contributed by atoms with E-state index in [-0.39, 0.29) is 29.4 Å². The maximum Gasteiger partial charge on any atom is 0.246 e. The number of aromatic nitrogens is 2. The minimum absolute atomic E-state index is 0.0374. The lowest BCUT2D eigenvalue weighted by Gasteiger charge is -2.34. The molecule has 0 N–H and O–H groups in total. The van der Waals surface area contributed by atoms with Gasteiger partial charge in [0.25, 0.3) is 0 Å². The van der Waals surface area contributed by atoms with Gasteiger partial charge < -0.3 is 9.64 Å². The summed E-state index contributed by atoms with van der Waals surface area (Å²) in [5, 5.41) is 4.40. The van der Waals surface area contributed by atoms with Crippen LogP contribution in [0.1, 0.15) is 51.9 Å². The van der Waals surface area contributed by atoms with Crippen molar-refractivity contribution in [3.8, 4) is 0 Å². The molecule has 8 nitrogen and oxygen atoms in total. The van der Waals surface area contributed by atoms with Crippen molar-refractivity contribution in [1.29, 1.82) is 0 Å². The molecule has 9 heteroatoms. The minimum atomic E-state index is -3.66. The van der Waals surface area contributed by atoms with Crippen LogP contribution in [0.4, 0.5) is 0 Å². The van der Waals surface area contributed by atoms with Gasteiger partial charge in [0.1, 0.15) is 11.4 Å². The summed E-state index contributed by atoms with van der Waals surface area (Å²) in [7, 11) is -3.66. The summed E-state index contributed by atoms with van der Waals surface area (Å²) in [4.78, 5) is 15.1. The van der Waals surface area contributed by atoms with Gasteiger partial charge in [0.15, 0.2) is 0 Å². The summed E-state index contributed by atoms with van der Waals surface area (Å²) in [5.41, 5.74) is 0.931. The predicted molar refractivity (Wildman–Crippen MR) is 108 cm³/mol. The van der Waals surface area contributed by atoms with Gasteiger partial charge in [-0.15, -0.1) is 0 Å².